The monoisotopic (exact) mass is 403 g/mol. The summed E-state index contributed by atoms with van der Waals surface area (Å²) in [6.45, 7) is 8.26. The molecule has 2 rings (SSSR count). The van der Waals surface area contributed by atoms with Crippen molar-refractivity contribution in [3.63, 3.8) is 0 Å². The van der Waals surface area contributed by atoms with Gasteiger partial charge in [-0.2, -0.15) is 0 Å². The third-order valence-electron chi connectivity index (χ3n) is 4.27. The van der Waals surface area contributed by atoms with E-state index >= 15 is 0 Å². The van der Waals surface area contributed by atoms with E-state index in [0.717, 1.165) is 16.5 Å². The van der Waals surface area contributed by atoms with Crippen LogP contribution in [0.4, 0.5) is 4.79 Å². The molecule has 29 heavy (non-hydrogen) atoms. The molecule has 0 saturated heterocycles. The summed E-state index contributed by atoms with van der Waals surface area (Å²) in [7, 11) is 1.26. The molecule has 8 heteroatoms. The van der Waals surface area contributed by atoms with Crippen LogP contribution in [0.5, 0.6) is 0 Å². The summed E-state index contributed by atoms with van der Waals surface area (Å²) in [5.41, 5.74) is -0.186. The second-order valence-corrected chi connectivity index (χ2v) is 8.36. The highest BCUT2D eigenvalue weighted by molar-refractivity contribution is 5.93. The molecule has 0 spiro atoms. The number of hydrogen-bond donors (Lipinski definition) is 3. The molecule has 0 aliphatic heterocycles. The molecule has 1 unspecified atom stereocenters. The molecule has 2 amide bonds. The quantitative estimate of drug-likeness (QED) is 0.643. The minimum absolute atomic E-state index is 0.241. The Hall–Kier alpha value is -3.03. The molecule has 3 N–H and O–H groups in total. The van der Waals surface area contributed by atoms with E-state index in [4.69, 9.17) is 9.47 Å². The van der Waals surface area contributed by atoms with Gasteiger partial charge in [0.05, 0.1) is 7.11 Å². The predicted octanol–water partition coefficient (Wildman–Crippen LogP) is 2.67. The lowest BCUT2D eigenvalue weighted by molar-refractivity contribution is -0.145. The molecule has 0 saturated carbocycles. The van der Waals surface area contributed by atoms with Gasteiger partial charge in [0.15, 0.2) is 0 Å². The zero-order chi connectivity index (χ0) is 21.8. The number of aromatic nitrogens is 1. The molecule has 0 aliphatic carbocycles. The Balaban J connectivity index is 2.13. The van der Waals surface area contributed by atoms with Crippen LogP contribution in [0.1, 0.15) is 40.2 Å². The van der Waals surface area contributed by atoms with E-state index in [1.807, 2.05) is 24.3 Å². The van der Waals surface area contributed by atoms with Gasteiger partial charge in [0.1, 0.15) is 17.2 Å². The molecule has 2 aromatic rings. The van der Waals surface area contributed by atoms with Gasteiger partial charge >= 0.3 is 12.1 Å². The Bertz CT molecular complexity index is 895. The number of esters is 1. The lowest BCUT2D eigenvalue weighted by Crippen LogP contribution is -2.58. The van der Waals surface area contributed by atoms with Gasteiger partial charge in [-0.15, -0.1) is 0 Å². The van der Waals surface area contributed by atoms with Gasteiger partial charge in [-0.25, -0.2) is 9.59 Å². The third kappa shape index (κ3) is 5.97. The average Bonchev–Trinajstić information content (AvgIpc) is 3.01. The number of alkyl carbamates (subject to hydrolysis) is 1. The first kappa shape index (κ1) is 22.3. The smallest absolute Gasteiger partial charge is 0.408 e. The molecular weight excluding hydrogens is 374 g/mol. The van der Waals surface area contributed by atoms with Crippen molar-refractivity contribution in [2.45, 2.75) is 58.2 Å². The standard InChI is InChI=1S/C21H29N3O5/c1-20(2,3)29-19(27)24-21(4,5)18(26)23-16(17(25)28-6)11-13-12-22-15-10-8-7-9-14(13)15/h7-10,12,16,22H,11H2,1-6H3,(H,23,26)(H,24,27). The number of aromatic amines is 1. The predicted molar refractivity (Wildman–Crippen MR) is 109 cm³/mol. The number of methoxy groups -OCH3 is 1. The van der Waals surface area contributed by atoms with Crippen LogP contribution in [-0.2, 0) is 25.5 Å². The van der Waals surface area contributed by atoms with Crippen molar-refractivity contribution in [3.8, 4) is 0 Å². The van der Waals surface area contributed by atoms with Crippen LogP contribution in [0.25, 0.3) is 10.9 Å². The van der Waals surface area contributed by atoms with Crippen molar-refractivity contribution >= 4 is 28.9 Å². The molecule has 0 radical (unpaired) electrons. The maximum atomic E-state index is 12.8. The van der Waals surface area contributed by atoms with E-state index in [0.29, 0.717) is 0 Å². The summed E-state index contributed by atoms with van der Waals surface area (Å²) in [5, 5.41) is 6.17. The summed E-state index contributed by atoms with van der Waals surface area (Å²) in [5.74, 6) is -1.10. The summed E-state index contributed by atoms with van der Waals surface area (Å²) in [4.78, 5) is 40.3. The highest BCUT2D eigenvalue weighted by Crippen LogP contribution is 2.20. The van der Waals surface area contributed by atoms with Crippen molar-refractivity contribution in [1.82, 2.24) is 15.6 Å². The van der Waals surface area contributed by atoms with Gasteiger partial charge in [0.2, 0.25) is 5.91 Å². The molecule has 0 aliphatic rings. The number of benzene rings is 1. The van der Waals surface area contributed by atoms with E-state index < -0.39 is 35.2 Å². The van der Waals surface area contributed by atoms with Crippen LogP contribution in [0, 0.1) is 0 Å². The van der Waals surface area contributed by atoms with Crippen LogP contribution in [0.2, 0.25) is 0 Å². The van der Waals surface area contributed by atoms with Crippen LogP contribution in [-0.4, -0.2) is 47.2 Å². The average molecular weight is 403 g/mol. The Labute approximate surface area is 170 Å². The fourth-order valence-corrected chi connectivity index (χ4v) is 2.81. The fraction of sp³-hybridized carbons (Fsp3) is 0.476. The Morgan fingerprint density at radius 1 is 1.10 bits per heavy atom. The first-order chi connectivity index (χ1) is 13.4. The number of para-hydroxylation sites is 1. The second kappa shape index (κ2) is 8.55. The lowest BCUT2D eigenvalue weighted by atomic mass is 10.0. The van der Waals surface area contributed by atoms with Gasteiger partial charge in [-0.1, -0.05) is 18.2 Å². The van der Waals surface area contributed by atoms with Crippen molar-refractivity contribution in [1.29, 1.82) is 0 Å². The van der Waals surface area contributed by atoms with E-state index in [1.54, 1.807) is 27.0 Å². The molecule has 1 aromatic heterocycles. The first-order valence-electron chi connectivity index (χ1n) is 9.38. The van der Waals surface area contributed by atoms with E-state index in [1.165, 1.54) is 21.0 Å². The zero-order valence-corrected chi connectivity index (χ0v) is 17.7. The highest BCUT2D eigenvalue weighted by atomic mass is 16.6. The normalized spacial score (nSPS) is 12.9. The van der Waals surface area contributed by atoms with Crippen LogP contribution < -0.4 is 10.6 Å². The van der Waals surface area contributed by atoms with Crippen molar-refractivity contribution in [2.75, 3.05) is 7.11 Å². The Morgan fingerprint density at radius 3 is 2.38 bits per heavy atom. The maximum Gasteiger partial charge on any atom is 0.408 e. The first-order valence-corrected chi connectivity index (χ1v) is 9.38. The van der Waals surface area contributed by atoms with E-state index in [9.17, 15) is 14.4 Å². The number of hydrogen-bond acceptors (Lipinski definition) is 5. The number of amides is 2. The number of carbonyl (C=O) groups excluding carboxylic acids is 3. The summed E-state index contributed by atoms with van der Waals surface area (Å²) >= 11 is 0. The molecule has 0 fully saturated rings. The SMILES string of the molecule is COC(=O)C(Cc1c[nH]c2ccccc12)NC(=O)C(C)(C)NC(=O)OC(C)(C)C. The Morgan fingerprint density at radius 2 is 1.76 bits per heavy atom. The topological polar surface area (TPSA) is 110 Å². The largest absolute Gasteiger partial charge is 0.467 e. The van der Waals surface area contributed by atoms with Crippen LogP contribution >= 0.6 is 0 Å². The highest BCUT2D eigenvalue weighted by Gasteiger charge is 2.34. The van der Waals surface area contributed by atoms with Crippen molar-refractivity contribution in [3.05, 3.63) is 36.0 Å². The molecular formula is C21H29N3O5. The summed E-state index contributed by atoms with van der Waals surface area (Å²) < 4.78 is 10.1. The number of ether oxygens (including phenoxy) is 2. The number of nitrogens with one attached hydrogen (secondary N) is 3. The molecule has 1 heterocycles. The lowest BCUT2D eigenvalue weighted by Gasteiger charge is -2.29. The van der Waals surface area contributed by atoms with Gasteiger partial charge < -0.3 is 25.1 Å². The van der Waals surface area contributed by atoms with Crippen molar-refractivity contribution < 1.29 is 23.9 Å². The third-order valence-corrected chi connectivity index (χ3v) is 4.27. The minimum atomic E-state index is -1.30. The molecule has 158 valence electrons. The maximum absolute atomic E-state index is 12.8. The van der Waals surface area contributed by atoms with Crippen LogP contribution in [0.15, 0.2) is 30.5 Å². The fourth-order valence-electron chi connectivity index (χ4n) is 2.81. The van der Waals surface area contributed by atoms with Crippen molar-refractivity contribution in [2.24, 2.45) is 0 Å². The van der Waals surface area contributed by atoms with Gasteiger partial charge in [-0.3, -0.25) is 4.79 Å². The van der Waals surface area contributed by atoms with Gasteiger partial charge in [-0.05, 0) is 46.2 Å². The molecule has 8 nitrogen and oxygen atoms in total. The molecule has 1 atom stereocenters. The second-order valence-electron chi connectivity index (χ2n) is 8.36. The molecule has 1 aromatic carbocycles. The van der Waals surface area contributed by atoms with E-state index in [-0.39, 0.29) is 6.42 Å². The van der Waals surface area contributed by atoms with Crippen LogP contribution in [0.3, 0.4) is 0 Å². The number of carbonyl (C=O) groups is 3. The van der Waals surface area contributed by atoms with Gasteiger partial charge in [0, 0.05) is 23.5 Å². The summed E-state index contributed by atoms with van der Waals surface area (Å²) in [6.07, 6.45) is 1.32. The number of fused-ring (bicyclic) bond motifs is 1. The zero-order valence-electron chi connectivity index (χ0n) is 17.7. The van der Waals surface area contributed by atoms with Gasteiger partial charge in [0.25, 0.3) is 0 Å². The van der Waals surface area contributed by atoms with E-state index in [2.05, 4.69) is 15.6 Å². The Kier molecular flexibility index (Phi) is 6.56. The number of rotatable bonds is 6. The summed E-state index contributed by atoms with van der Waals surface area (Å²) in [6, 6.07) is 6.77. The molecule has 0 bridgehead atoms. The minimum Gasteiger partial charge on any atom is -0.467 e. The number of H-pyrrole nitrogens is 1.